The molecule has 1 aliphatic carbocycles. The van der Waals surface area contributed by atoms with Gasteiger partial charge in [0.25, 0.3) is 0 Å². The quantitative estimate of drug-likeness (QED) is 0.362. The zero-order chi connectivity index (χ0) is 26.9. The summed E-state index contributed by atoms with van der Waals surface area (Å²) < 4.78 is 5.46. The van der Waals surface area contributed by atoms with Gasteiger partial charge in [-0.25, -0.2) is 4.79 Å². The van der Waals surface area contributed by atoms with Crippen LogP contribution >= 0.6 is 0 Å². The average Bonchev–Trinajstić information content (AvgIpc) is 2.72. The van der Waals surface area contributed by atoms with Crippen molar-refractivity contribution in [3.63, 3.8) is 0 Å². The Bertz CT molecular complexity index is 874. The number of amides is 3. The molecule has 7 nitrogen and oxygen atoms in total. The number of hydrogen-bond acceptors (Lipinski definition) is 4. The predicted molar refractivity (Wildman–Crippen MR) is 144 cm³/mol. The van der Waals surface area contributed by atoms with E-state index in [1.807, 2.05) is 45.0 Å². The summed E-state index contributed by atoms with van der Waals surface area (Å²) in [7, 11) is 0. The first kappa shape index (κ1) is 29.7. The van der Waals surface area contributed by atoms with Gasteiger partial charge in [-0.05, 0) is 71.3 Å². The van der Waals surface area contributed by atoms with Crippen molar-refractivity contribution in [3.8, 4) is 0 Å². The number of aryl methyl sites for hydroxylation is 1. The fourth-order valence-corrected chi connectivity index (χ4v) is 4.47. The number of hydrogen-bond donors (Lipinski definition) is 2. The Balaban J connectivity index is 2.42. The highest BCUT2D eigenvalue weighted by molar-refractivity contribution is 5.92. The Morgan fingerprint density at radius 2 is 1.83 bits per heavy atom. The van der Waals surface area contributed by atoms with Crippen LogP contribution in [0.3, 0.4) is 0 Å². The van der Waals surface area contributed by atoms with Crippen LogP contribution in [0.15, 0.2) is 24.3 Å². The van der Waals surface area contributed by atoms with Gasteiger partial charge in [-0.1, -0.05) is 63.4 Å². The lowest BCUT2D eigenvalue weighted by molar-refractivity contribution is -0.147. The number of alkyl carbamates (subject to hydrolysis) is 1. The van der Waals surface area contributed by atoms with Crippen LogP contribution < -0.4 is 10.6 Å². The second-order valence-corrected chi connectivity index (χ2v) is 11.5. The van der Waals surface area contributed by atoms with Crippen LogP contribution in [-0.2, 0) is 14.3 Å². The summed E-state index contributed by atoms with van der Waals surface area (Å²) in [5, 5.41) is 5.90. The van der Waals surface area contributed by atoms with Gasteiger partial charge < -0.3 is 20.3 Å². The molecule has 1 aliphatic rings. The number of carbonyl (C=O) groups is 3. The summed E-state index contributed by atoms with van der Waals surface area (Å²) in [6.07, 6.45) is 5.55. The van der Waals surface area contributed by atoms with E-state index in [1.54, 1.807) is 25.7 Å². The molecule has 1 fully saturated rings. The molecule has 0 heterocycles. The maximum Gasteiger partial charge on any atom is 0.408 e. The summed E-state index contributed by atoms with van der Waals surface area (Å²) in [5.74, 6) is -0.232. The van der Waals surface area contributed by atoms with Gasteiger partial charge in [0.1, 0.15) is 17.7 Å². The minimum Gasteiger partial charge on any atom is -0.444 e. The van der Waals surface area contributed by atoms with E-state index < -0.39 is 23.8 Å². The van der Waals surface area contributed by atoms with E-state index in [4.69, 9.17) is 4.74 Å². The lowest BCUT2D eigenvalue weighted by Crippen LogP contribution is -2.57. The van der Waals surface area contributed by atoms with Crippen LogP contribution in [0.4, 0.5) is 4.79 Å². The fraction of sp³-hybridized carbons (Fsp3) is 0.690. The normalized spacial score (nSPS) is 15.6. The Hall–Kier alpha value is -2.57. The number of benzene rings is 1. The van der Waals surface area contributed by atoms with Gasteiger partial charge in [0.2, 0.25) is 11.8 Å². The molecule has 0 spiro atoms. The molecule has 2 unspecified atom stereocenters. The number of nitrogens with zero attached hydrogens (tertiary/aromatic N) is 1. The first-order chi connectivity index (χ1) is 16.9. The first-order valence-electron chi connectivity index (χ1n) is 13.6. The van der Waals surface area contributed by atoms with E-state index in [-0.39, 0.29) is 23.8 Å². The molecule has 3 amide bonds. The maximum atomic E-state index is 14.2. The van der Waals surface area contributed by atoms with Crippen LogP contribution in [0, 0.1) is 12.8 Å². The van der Waals surface area contributed by atoms with Gasteiger partial charge in [0, 0.05) is 12.6 Å². The topological polar surface area (TPSA) is 87.7 Å². The van der Waals surface area contributed by atoms with Crippen molar-refractivity contribution >= 4 is 17.9 Å². The van der Waals surface area contributed by atoms with Crippen molar-refractivity contribution in [1.82, 2.24) is 15.5 Å². The Morgan fingerprint density at radius 1 is 1.14 bits per heavy atom. The number of rotatable bonds is 12. The van der Waals surface area contributed by atoms with Crippen molar-refractivity contribution in [1.29, 1.82) is 0 Å². The van der Waals surface area contributed by atoms with Crippen molar-refractivity contribution in [2.75, 3.05) is 6.54 Å². The average molecular weight is 502 g/mol. The summed E-state index contributed by atoms with van der Waals surface area (Å²) in [6, 6.07) is 6.24. The second kappa shape index (κ2) is 13.7. The summed E-state index contributed by atoms with van der Waals surface area (Å²) >= 11 is 0. The fourth-order valence-electron chi connectivity index (χ4n) is 4.47. The van der Waals surface area contributed by atoms with E-state index in [9.17, 15) is 14.4 Å². The Kier molecular flexibility index (Phi) is 11.3. The molecule has 0 aliphatic heterocycles. The molecule has 2 N–H and O–H groups in total. The third-order valence-corrected chi connectivity index (χ3v) is 6.38. The molecule has 1 saturated carbocycles. The van der Waals surface area contributed by atoms with Crippen molar-refractivity contribution in [3.05, 3.63) is 35.4 Å². The Labute approximate surface area is 217 Å². The number of unbranched alkanes of at least 4 members (excludes halogenated alkanes) is 2. The van der Waals surface area contributed by atoms with Crippen LogP contribution in [0.2, 0.25) is 0 Å². The standard InChI is InChI=1S/C29H47N3O4/c1-8-9-10-17-30-26(33)25(22-14-11-13-21(4)19-22)32(23-15-12-16-23)27(34)24(18-20(2)3)31-28(35)36-29(5,6)7/h11,13-14,19-20,23-25H,8-10,12,15-18H2,1-7H3,(H,30,33)(H,31,35). The lowest BCUT2D eigenvalue weighted by atomic mass is 9.87. The van der Waals surface area contributed by atoms with E-state index in [1.165, 1.54) is 0 Å². The van der Waals surface area contributed by atoms with Gasteiger partial charge in [-0.15, -0.1) is 0 Å². The second-order valence-electron chi connectivity index (χ2n) is 11.5. The van der Waals surface area contributed by atoms with Crippen LogP contribution in [0.5, 0.6) is 0 Å². The maximum absolute atomic E-state index is 14.2. The van der Waals surface area contributed by atoms with Gasteiger partial charge in [-0.2, -0.15) is 0 Å². The molecule has 0 aromatic heterocycles. The lowest BCUT2D eigenvalue weighted by Gasteiger charge is -2.44. The first-order valence-corrected chi connectivity index (χ1v) is 13.6. The molecule has 1 aromatic rings. The molecular weight excluding hydrogens is 454 g/mol. The predicted octanol–water partition coefficient (Wildman–Crippen LogP) is 5.66. The van der Waals surface area contributed by atoms with Crippen LogP contribution in [-0.4, -0.2) is 47.0 Å². The highest BCUT2D eigenvalue weighted by Crippen LogP contribution is 2.34. The number of nitrogens with one attached hydrogen (secondary N) is 2. The molecule has 0 radical (unpaired) electrons. The molecule has 0 bridgehead atoms. The van der Waals surface area contributed by atoms with Gasteiger partial charge in [-0.3, -0.25) is 9.59 Å². The van der Waals surface area contributed by atoms with Crippen molar-refractivity contribution in [2.24, 2.45) is 5.92 Å². The highest BCUT2D eigenvalue weighted by Gasteiger charge is 2.42. The number of ether oxygens (including phenoxy) is 1. The molecule has 7 heteroatoms. The Morgan fingerprint density at radius 3 is 2.36 bits per heavy atom. The van der Waals surface area contributed by atoms with E-state index in [0.29, 0.717) is 13.0 Å². The van der Waals surface area contributed by atoms with Crippen molar-refractivity contribution in [2.45, 2.75) is 117 Å². The molecule has 1 aromatic carbocycles. The van der Waals surface area contributed by atoms with Crippen LogP contribution in [0.25, 0.3) is 0 Å². The van der Waals surface area contributed by atoms with Crippen LogP contribution in [0.1, 0.15) is 104 Å². The zero-order valence-electron chi connectivity index (χ0n) is 23.4. The molecule has 2 atom stereocenters. The highest BCUT2D eigenvalue weighted by atomic mass is 16.6. The number of carbonyl (C=O) groups excluding carboxylic acids is 3. The zero-order valence-corrected chi connectivity index (χ0v) is 23.4. The monoisotopic (exact) mass is 501 g/mol. The molecule has 202 valence electrons. The largest absolute Gasteiger partial charge is 0.444 e. The minimum atomic E-state index is -0.777. The molecule has 0 saturated heterocycles. The molecular formula is C29H47N3O4. The SMILES string of the molecule is CCCCCNC(=O)C(c1cccc(C)c1)N(C(=O)C(CC(C)C)NC(=O)OC(C)(C)C)C1CCC1. The van der Waals surface area contributed by atoms with E-state index in [2.05, 4.69) is 17.6 Å². The molecule has 2 rings (SSSR count). The van der Waals surface area contributed by atoms with E-state index in [0.717, 1.165) is 49.7 Å². The summed E-state index contributed by atoms with van der Waals surface area (Å²) in [4.78, 5) is 42.2. The summed E-state index contributed by atoms with van der Waals surface area (Å²) in [5.41, 5.74) is 1.15. The van der Waals surface area contributed by atoms with Crippen molar-refractivity contribution < 1.29 is 19.1 Å². The van der Waals surface area contributed by atoms with Gasteiger partial charge in [0.05, 0.1) is 0 Å². The van der Waals surface area contributed by atoms with Gasteiger partial charge in [0.15, 0.2) is 0 Å². The molecule has 36 heavy (non-hydrogen) atoms. The van der Waals surface area contributed by atoms with Gasteiger partial charge >= 0.3 is 6.09 Å². The summed E-state index contributed by atoms with van der Waals surface area (Å²) in [6.45, 7) is 14.1. The van der Waals surface area contributed by atoms with E-state index >= 15 is 0 Å². The third kappa shape index (κ3) is 9.14. The smallest absolute Gasteiger partial charge is 0.408 e. The third-order valence-electron chi connectivity index (χ3n) is 6.38. The minimum absolute atomic E-state index is 0.0421.